The van der Waals surface area contributed by atoms with Crippen LogP contribution < -0.4 is 14.8 Å². The largest absolute Gasteiger partial charge is 0.497 e. The van der Waals surface area contributed by atoms with Crippen LogP contribution >= 0.6 is 0 Å². The zero-order valence-corrected chi connectivity index (χ0v) is 10.1. The number of hydrogen-bond acceptors (Lipinski definition) is 5. The fourth-order valence-electron chi connectivity index (χ4n) is 1.52. The molecule has 0 bridgehead atoms. The van der Waals surface area contributed by atoms with Crippen molar-refractivity contribution >= 4 is 0 Å². The second-order valence-corrected chi connectivity index (χ2v) is 3.55. The Labute approximate surface area is 101 Å². The summed E-state index contributed by atoms with van der Waals surface area (Å²) in [5.41, 5.74) is 0.693. The topological polar surface area (TPSA) is 71.0 Å². The van der Waals surface area contributed by atoms with Gasteiger partial charge in [-0.3, -0.25) is 0 Å². The number of methoxy groups -OCH3 is 2. The van der Waals surface area contributed by atoms with Gasteiger partial charge in [-0.05, 0) is 12.1 Å². The SMILES string of the molecule is COc1ccc(C(O)CNCCO)c(OC)c1. The summed E-state index contributed by atoms with van der Waals surface area (Å²) in [5, 5.41) is 21.5. The molecule has 0 spiro atoms. The van der Waals surface area contributed by atoms with E-state index in [4.69, 9.17) is 14.6 Å². The number of benzene rings is 1. The van der Waals surface area contributed by atoms with Crippen molar-refractivity contribution < 1.29 is 19.7 Å². The van der Waals surface area contributed by atoms with E-state index in [-0.39, 0.29) is 6.61 Å². The van der Waals surface area contributed by atoms with Crippen molar-refractivity contribution in [1.82, 2.24) is 5.32 Å². The second-order valence-electron chi connectivity index (χ2n) is 3.55. The zero-order valence-electron chi connectivity index (χ0n) is 10.1. The lowest BCUT2D eigenvalue weighted by atomic mass is 10.1. The van der Waals surface area contributed by atoms with Gasteiger partial charge in [0.05, 0.1) is 26.9 Å². The smallest absolute Gasteiger partial charge is 0.128 e. The van der Waals surface area contributed by atoms with E-state index in [1.54, 1.807) is 32.4 Å². The quantitative estimate of drug-likeness (QED) is 0.600. The maximum atomic E-state index is 9.96. The number of aliphatic hydroxyl groups excluding tert-OH is 2. The highest BCUT2D eigenvalue weighted by Crippen LogP contribution is 2.29. The van der Waals surface area contributed by atoms with Crippen molar-refractivity contribution in [2.75, 3.05) is 33.9 Å². The lowest BCUT2D eigenvalue weighted by Crippen LogP contribution is -2.24. The first-order valence-electron chi connectivity index (χ1n) is 5.44. The summed E-state index contributed by atoms with van der Waals surface area (Å²) >= 11 is 0. The van der Waals surface area contributed by atoms with Crippen LogP contribution in [-0.4, -0.2) is 44.1 Å². The van der Waals surface area contributed by atoms with Crippen LogP contribution in [-0.2, 0) is 0 Å². The predicted molar refractivity (Wildman–Crippen MR) is 64.5 cm³/mol. The summed E-state index contributed by atoms with van der Waals surface area (Å²) < 4.78 is 10.3. The van der Waals surface area contributed by atoms with Crippen molar-refractivity contribution in [3.05, 3.63) is 23.8 Å². The Morgan fingerprint density at radius 3 is 2.65 bits per heavy atom. The molecule has 5 nitrogen and oxygen atoms in total. The highest BCUT2D eigenvalue weighted by molar-refractivity contribution is 5.42. The first-order chi connectivity index (χ1) is 8.22. The molecule has 1 rings (SSSR count). The maximum Gasteiger partial charge on any atom is 0.128 e. The first-order valence-corrected chi connectivity index (χ1v) is 5.44. The third kappa shape index (κ3) is 3.89. The molecule has 0 heterocycles. The number of hydrogen-bond donors (Lipinski definition) is 3. The molecule has 5 heteroatoms. The molecule has 0 saturated carbocycles. The normalized spacial score (nSPS) is 12.2. The van der Waals surface area contributed by atoms with Gasteiger partial charge in [-0.1, -0.05) is 0 Å². The summed E-state index contributed by atoms with van der Waals surface area (Å²) in [7, 11) is 3.12. The van der Waals surface area contributed by atoms with E-state index >= 15 is 0 Å². The lowest BCUT2D eigenvalue weighted by molar-refractivity contribution is 0.167. The molecule has 1 aromatic rings. The van der Waals surface area contributed by atoms with Gasteiger partial charge >= 0.3 is 0 Å². The van der Waals surface area contributed by atoms with E-state index in [9.17, 15) is 5.11 Å². The Bertz CT molecular complexity index is 343. The van der Waals surface area contributed by atoms with Crippen LogP contribution in [0.25, 0.3) is 0 Å². The fourth-order valence-corrected chi connectivity index (χ4v) is 1.52. The van der Waals surface area contributed by atoms with Crippen LogP contribution in [0.3, 0.4) is 0 Å². The Morgan fingerprint density at radius 1 is 1.29 bits per heavy atom. The molecule has 0 aromatic heterocycles. The minimum atomic E-state index is -0.678. The Balaban J connectivity index is 2.74. The highest BCUT2D eigenvalue weighted by Gasteiger charge is 2.13. The molecular formula is C12H19NO4. The van der Waals surface area contributed by atoms with Gasteiger partial charge in [-0.2, -0.15) is 0 Å². The van der Waals surface area contributed by atoms with E-state index in [1.807, 2.05) is 0 Å². The van der Waals surface area contributed by atoms with Gasteiger partial charge in [0.25, 0.3) is 0 Å². The van der Waals surface area contributed by atoms with E-state index in [1.165, 1.54) is 0 Å². The Morgan fingerprint density at radius 2 is 2.06 bits per heavy atom. The molecule has 0 radical (unpaired) electrons. The Hall–Kier alpha value is -1.30. The van der Waals surface area contributed by atoms with Gasteiger partial charge in [0, 0.05) is 24.7 Å². The molecule has 1 aromatic carbocycles. The van der Waals surface area contributed by atoms with Gasteiger partial charge in [0.2, 0.25) is 0 Å². The molecule has 0 aliphatic rings. The van der Waals surface area contributed by atoms with Crippen LogP contribution in [0.2, 0.25) is 0 Å². The summed E-state index contributed by atoms with van der Waals surface area (Å²) in [6.45, 7) is 0.866. The summed E-state index contributed by atoms with van der Waals surface area (Å²) in [5.74, 6) is 1.27. The lowest BCUT2D eigenvalue weighted by Gasteiger charge is -2.16. The van der Waals surface area contributed by atoms with Gasteiger partial charge in [0.1, 0.15) is 11.5 Å². The summed E-state index contributed by atoms with van der Waals surface area (Å²) in [6, 6.07) is 5.26. The molecule has 3 N–H and O–H groups in total. The molecule has 96 valence electrons. The molecular weight excluding hydrogens is 222 g/mol. The fraction of sp³-hybridized carbons (Fsp3) is 0.500. The average molecular weight is 241 g/mol. The maximum absolute atomic E-state index is 9.96. The summed E-state index contributed by atoms with van der Waals surface area (Å²) in [4.78, 5) is 0. The van der Waals surface area contributed by atoms with Crippen molar-refractivity contribution in [2.45, 2.75) is 6.10 Å². The molecule has 1 atom stereocenters. The first kappa shape index (κ1) is 13.8. The van der Waals surface area contributed by atoms with Gasteiger partial charge < -0.3 is 25.0 Å². The standard InChI is InChI=1S/C12H19NO4/c1-16-9-3-4-10(12(7-9)17-2)11(15)8-13-5-6-14/h3-4,7,11,13-15H,5-6,8H2,1-2H3. The van der Waals surface area contributed by atoms with Crippen molar-refractivity contribution in [2.24, 2.45) is 0 Å². The third-order valence-electron chi connectivity index (χ3n) is 2.43. The van der Waals surface area contributed by atoms with Gasteiger partial charge in [-0.15, -0.1) is 0 Å². The van der Waals surface area contributed by atoms with E-state index in [2.05, 4.69) is 5.32 Å². The predicted octanol–water partition coefficient (Wildman–Crippen LogP) is 0.319. The van der Waals surface area contributed by atoms with E-state index in [0.29, 0.717) is 30.2 Å². The number of nitrogens with one attached hydrogen (secondary N) is 1. The number of rotatable bonds is 7. The van der Waals surface area contributed by atoms with Crippen molar-refractivity contribution in [1.29, 1.82) is 0 Å². The molecule has 1 unspecified atom stereocenters. The van der Waals surface area contributed by atoms with Gasteiger partial charge in [-0.25, -0.2) is 0 Å². The molecule has 0 fully saturated rings. The van der Waals surface area contributed by atoms with Crippen LogP contribution in [0.4, 0.5) is 0 Å². The van der Waals surface area contributed by atoms with E-state index in [0.717, 1.165) is 0 Å². The molecule has 0 saturated heterocycles. The molecule has 0 aliphatic carbocycles. The Kier molecular flexibility index (Phi) is 5.76. The van der Waals surface area contributed by atoms with Crippen LogP contribution in [0.5, 0.6) is 11.5 Å². The van der Waals surface area contributed by atoms with Crippen LogP contribution in [0.1, 0.15) is 11.7 Å². The monoisotopic (exact) mass is 241 g/mol. The van der Waals surface area contributed by atoms with E-state index < -0.39 is 6.10 Å². The molecule has 0 aliphatic heterocycles. The highest BCUT2D eigenvalue weighted by atomic mass is 16.5. The summed E-state index contributed by atoms with van der Waals surface area (Å²) in [6.07, 6.45) is -0.678. The van der Waals surface area contributed by atoms with Crippen LogP contribution in [0, 0.1) is 0 Å². The number of aliphatic hydroxyl groups is 2. The molecule has 0 amide bonds. The second kappa shape index (κ2) is 7.11. The van der Waals surface area contributed by atoms with Crippen molar-refractivity contribution in [3.63, 3.8) is 0 Å². The zero-order chi connectivity index (χ0) is 12.7. The molecule has 17 heavy (non-hydrogen) atoms. The average Bonchev–Trinajstić information content (AvgIpc) is 2.38. The van der Waals surface area contributed by atoms with Crippen molar-refractivity contribution in [3.8, 4) is 11.5 Å². The number of ether oxygens (including phenoxy) is 2. The minimum absolute atomic E-state index is 0.0481. The van der Waals surface area contributed by atoms with Gasteiger partial charge in [0.15, 0.2) is 0 Å². The third-order valence-corrected chi connectivity index (χ3v) is 2.43. The van der Waals surface area contributed by atoms with Crippen LogP contribution in [0.15, 0.2) is 18.2 Å². The minimum Gasteiger partial charge on any atom is -0.497 e.